The Kier molecular flexibility index (Phi) is 6.21. The standard InChI is InChI=1S/C25H26N6O3S/c1-14-12-31(2)22-18(14)11-19(21(26)32)24(30-22)34-17-5-3-16(4-6-17)28-23(33)20-13-35-25(29-20)15-7-9-27-10-8-15/h7-13,16-17H,3-6H2,1-2H3,(H2,26,32)(H,28,33). The van der Waals surface area contributed by atoms with Gasteiger partial charge in [-0.15, -0.1) is 11.3 Å². The van der Waals surface area contributed by atoms with Gasteiger partial charge in [-0.2, -0.15) is 4.98 Å². The van der Waals surface area contributed by atoms with E-state index in [1.54, 1.807) is 23.8 Å². The summed E-state index contributed by atoms with van der Waals surface area (Å²) in [4.78, 5) is 37.9. The highest BCUT2D eigenvalue weighted by molar-refractivity contribution is 7.13. The predicted octanol–water partition coefficient (Wildman–Crippen LogP) is 3.62. The number of primary amides is 1. The fraction of sp³-hybridized carbons (Fsp3) is 0.320. The van der Waals surface area contributed by atoms with Crippen LogP contribution in [-0.2, 0) is 7.05 Å². The number of carbonyl (C=O) groups is 2. The molecule has 0 aliphatic heterocycles. The molecule has 35 heavy (non-hydrogen) atoms. The first kappa shape index (κ1) is 23.0. The van der Waals surface area contributed by atoms with Gasteiger partial charge in [-0.1, -0.05) is 0 Å². The van der Waals surface area contributed by atoms with Gasteiger partial charge in [0, 0.05) is 48.0 Å². The van der Waals surface area contributed by atoms with Gasteiger partial charge in [-0.05, 0) is 56.4 Å². The maximum Gasteiger partial charge on any atom is 0.270 e. The first-order chi connectivity index (χ1) is 16.9. The van der Waals surface area contributed by atoms with Crippen molar-refractivity contribution in [3.8, 4) is 16.5 Å². The highest BCUT2D eigenvalue weighted by Gasteiger charge is 2.27. The largest absolute Gasteiger partial charge is 0.474 e. The zero-order valence-electron chi connectivity index (χ0n) is 19.5. The Morgan fingerprint density at radius 1 is 1.17 bits per heavy atom. The molecule has 1 saturated carbocycles. The third-order valence-electron chi connectivity index (χ3n) is 6.33. The Balaban J connectivity index is 1.21. The number of nitrogens with two attached hydrogens (primary N) is 1. The van der Waals surface area contributed by atoms with Gasteiger partial charge in [0.25, 0.3) is 11.8 Å². The lowest BCUT2D eigenvalue weighted by atomic mass is 9.93. The van der Waals surface area contributed by atoms with E-state index >= 15 is 0 Å². The summed E-state index contributed by atoms with van der Waals surface area (Å²) >= 11 is 1.44. The van der Waals surface area contributed by atoms with Crippen LogP contribution < -0.4 is 15.8 Å². The van der Waals surface area contributed by atoms with Crippen molar-refractivity contribution < 1.29 is 14.3 Å². The second kappa shape index (κ2) is 9.46. The number of fused-ring (bicyclic) bond motifs is 1. The van der Waals surface area contributed by atoms with Crippen LogP contribution in [0.5, 0.6) is 5.88 Å². The van der Waals surface area contributed by atoms with Crippen molar-refractivity contribution in [1.29, 1.82) is 0 Å². The topological polar surface area (TPSA) is 125 Å². The van der Waals surface area contributed by atoms with E-state index < -0.39 is 5.91 Å². The van der Waals surface area contributed by atoms with Crippen LogP contribution in [0.3, 0.4) is 0 Å². The lowest BCUT2D eigenvalue weighted by molar-refractivity contribution is 0.0878. The van der Waals surface area contributed by atoms with Crippen molar-refractivity contribution in [2.24, 2.45) is 12.8 Å². The summed E-state index contributed by atoms with van der Waals surface area (Å²) in [5.41, 5.74) is 9.03. The fourth-order valence-corrected chi connectivity index (χ4v) is 5.29. The summed E-state index contributed by atoms with van der Waals surface area (Å²) in [6.45, 7) is 1.97. The molecule has 4 heterocycles. The van der Waals surface area contributed by atoms with Crippen LogP contribution in [0.2, 0.25) is 0 Å². The Hall–Kier alpha value is -3.79. The van der Waals surface area contributed by atoms with Gasteiger partial charge in [-0.3, -0.25) is 14.6 Å². The van der Waals surface area contributed by atoms with E-state index in [-0.39, 0.29) is 29.5 Å². The number of hydrogen-bond acceptors (Lipinski definition) is 7. The molecule has 0 radical (unpaired) electrons. The van der Waals surface area contributed by atoms with Crippen LogP contribution in [0.4, 0.5) is 0 Å². The molecule has 0 spiro atoms. The smallest absolute Gasteiger partial charge is 0.270 e. The molecule has 4 aromatic rings. The summed E-state index contributed by atoms with van der Waals surface area (Å²) in [6, 6.07) is 5.54. The minimum absolute atomic E-state index is 0.0370. The number of rotatable bonds is 6. The van der Waals surface area contributed by atoms with Crippen molar-refractivity contribution in [3.05, 3.63) is 59.0 Å². The highest BCUT2D eigenvalue weighted by Crippen LogP contribution is 2.29. The number of carbonyl (C=O) groups excluding carboxylic acids is 2. The number of amides is 2. The number of aryl methyl sites for hydroxylation is 2. The molecule has 0 saturated heterocycles. The minimum atomic E-state index is -0.562. The van der Waals surface area contributed by atoms with E-state index in [1.165, 1.54) is 11.3 Å². The van der Waals surface area contributed by atoms with Crippen molar-refractivity contribution in [3.63, 3.8) is 0 Å². The molecule has 1 aliphatic rings. The van der Waals surface area contributed by atoms with Crippen molar-refractivity contribution >= 4 is 34.2 Å². The average Bonchev–Trinajstić information content (AvgIpc) is 3.45. The molecular formula is C25H26N6O3S. The van der Waals surface area contributed by atoms with Gasteiger partial charge < -0.3 is 20.4 Å². The van der Waals surface area contributed by atoms with Gasteiger partial charge in [0.1, 0.15) is 28.0 Å². The normalized spacial score (nSPS) is 17.9. The lowest BCUT2D eigenvalue weighted by Crippen LogP contribution is -2.40. The molecule has 5 rings (SSSR count). The zero-order valence-corrected chi connectivity index (χ0v) is 20.3. The van der Waals surface area contributed by atoms with Gasteiger partial charge in [-0.25, -0.2) is 4.98 Å². The van der Waals surface area contributed by atoms with Crippen LogP contribution >= 0.6 is 11.3 Å². The fourth-order valence-electron chi connectivity index (χ4n) is 4.48. The highest BCUT2D eigenvalue weighted by atomic mass is 32.1. The molecule has 1 fully saturated rings. The maximum atomic E-state index is 12.7. The molecule has 1 aliphatic carbocycles. The molecule has 3 N–H and O–H groups in total. The van der Waals surface area contributed by atoms with E-state index in [9.17, 15) is 9.59 Å². The van der Waals surface area contributed by atoms with E-state index in [1.807, 2.05) is 36.9 Å². The summed E-state index contributed by atoms with van der Waals surface area (Å²) in [5.74, 6) is -0.467. The van der Waals surface area contributed by atoms with Gasteiger partial charge in [0.05, 0.1) is 0 Å². The molecule has 10 heteroatoms. The third kappa shape index (κ3) is 4.74. The Morgan fingerprint density at radius 2 is 1.91 bits per heavy atom. The number of hydrogen-bond donors (Lipinski definition) is 2. The Labute approximate surface area is 206 Å². The first-order valence-electron chi connectivity index (χ1n) is 11.5. The van der Waals surface area contributed by atoms with Crippen LogP contribution in [0.25, 0.3) is 21.6 Å². The van der Waals surface area contributed by atoms with Gasteiger partial charge >= 0.3 is 0 Å². The summed E-state index contributed by atoms with van der Waals surface area (Å²) in [5, 5.41) is 6.54. The first-order valence-corrected chi connectivity index (χ1v) is 12.4. The molecule has 4 aromatic heterocycles. The van der Waals surface area contributed by atoms with Gasteiger partial charge in [0.15, 0.2) is 0 Å². The number of aromatic nitrogens is 4. The van der Waals surface area contributed by atoms with Crippen LogP contribution in [-0.4, -0.2) is 43.5 Å². The molecule has 180 valence electrons. The lowest BCUT2D eigenvalue weighted by Gasteiger charge is -2.29. The van der Waals surface area contributed by atoms with Crippen LogP contribution in [0.15, 0.2) is 42.2 Å². The summed E-state index contributed by atoms with van der Waals surface area (Å²) in [7, 11) is 1.91. The van der Waals surface area contributed by atoms with Crippen molar-refractivity contribution in [1.82, 2.24) is 24.8 Å². The van der Waals surface area contributed by atoms with E-state index in [0.29, 0.717) is 5.69 Å². The summed E-state index contributed by atoms with van der Waals surface area (Å²) in [6.07, 6.45) is 8.25. The minimum Gasteiger partial charge on any atom is -0.474 e. The Morgan fingerprint density at radius 3 is 2.63 bits per heavy atom. The second-order valence-electron chi connectivity index (χ2n) is 8.84. The van der Waals surface area contributed by atoms with Gasteiger partial charge in [0.2, 0.25) is 5.88 Å². The molecule has 0 atom stereocenters. The number of nitrogens with zero attached hydrogens (tertiary/aromatic N) is 4. The monoisotopic (exact) mass is 490 g/mol. The maximum absolute atomic E-state index is 12.7. The molecule has 9 nitrogen and oxygen atoms in total. The third-order valence-corrected chi connectivity index (χ3v) is 7.22. The number of ether oxygens (including phenoxy) is 1. The quantitative estimate of drug-likeness (QED) is 0.425. The second-order valence-corrected chi connectivity index (χ2v) is 9.70. The number of nitrogens with one attached hydrogen (secondary N) is 1. The number of pyridine rings is 2. The van der Waals surface area contributed by atoms with Crippen molar-refractivity contribution in [2.75, 3.05) is 0 Å². The number of thiazole rings is 1. The van der Waals surface area contributed by atoms with Crippen LogP contribution in [0.1, 0.15) is 52.1 Å². The van der Waals surface area contributed by atoms with E-state index in [2.05, 4.69) is 20.3 Å². The molecule has 0 bridgehead atoms. The molecule has 0 aromatic carbocycles. The molecule has 0 unspecified atom stereocenters. The van der Waals surface area contributed by atoms with Crippen molar-refractivity contribution in [2.45, 2.75) is 44.8 Å². The Bertz CT molecular complexity index is 1390. The molecule has 2 amide bonds. The average molecular weight is 491 g/mol. The van der Waals surface area contributed by atoms with E-state index in [4.69, 9.17) is 10.5 Å². The molecular weight excluding hydrogens is 464 g/mol. The SMILES string of the molecule is Cc1cn(C)c2nc(OC3CCC(NC(=O)c4csc(-c5ccncc5)n4)CC3)c(C(N)=O)cc12. The zero-order chi connectivity index (χ0) is 24.5. The predicted molar refractivity (Wildman–Crippen MR) is 133 cm³/mol. The summed E-state index contributed by atoms with van der Waals surface area (Å²) < 4.78 is 8.07. The van der Waals surface area contributed by atoms with Crippen LogP contribution in [0, 0.1) is 6.92 Å². The van der Waals surface area contributed by atoms with E-state index in [0.717, 1.165) is 52.9 Å².